The summed E-state index contributed by atoms with van der Waals surface area (Å²) in [5, 5.41) is 0. The van der Waals surface area contributed by atoms with Crippen molar-refractivity contribution in [3.63, 3.8) is 0 Å². The lowest BCUT2D eigenvalue weighted by atomic mass is 9.65. The monoisotopic (exact) mass is 256 g/mol. The SMILES string of the molecule is CC(C)C(Cl)(C1CCCCC1)C1CCCCC1. The molecule has 2 aliphatic rings. The maximum absolute atomic E-state index is 7.23. The van der Waals surface area contributed by atoms with Gasteiger partial charge < -0.3 is 0 Å². The van der Waals surface area contributed by atoms with E-state index in [9.17, 15) is 0 Å². The first-order chi connectivity index (χ1) is 8.15. The Morgan fingerprint density at radius 1 is 0.765 bits per heavy atom. The summed E-state index contributed by atoms with van der Waals surface area (Å²) in [5.41, 5.74) is 0. The standard InChI is InChI=1S/C16H29Cl/c1-13(2)16(17,14-9-5-3-6-10-14)15-11-7-4-8-12-15/h13-15H,3-12H2,1-2H3. The van der Waals surface area contributed by atoms with Crippen LogP contribution in [0.5, 0.6) is 0 Å². The van der Waals surface area contributed by atoms with Crippen molar-refractivity contribution in [2.24, 2.45) is 17.8 Å². The highest BCUT2D eigenvalue weighted by atomic mass is 35.5. The van der Waals surface area contributed by atoms with E-state index in [-0.39, 0.29) is 4.87 Å². The highest BCUT2D eigenvalue weighted by Gasteiger charge is 2.46. The third-order valence-electron chi connectivity index (χ3n) is 5.35. The molecule has 1 heteroatoms. The first kappa shape index (κ1) is 13.7. The van der Waals surface area contributed by atoms with Crippen LogP contribution in [0, 0.1) is 17.8 Å². The summed E-state index contributed by atoms with van der Waals surface area (Å²) in [6.45, 7) is 4.71. The lowest BCUT2D eigenvalue weighted by Crippen LogP contribution is -2.46. The molecule has 0 atom stereocenters. The third kappa shape index (κ3) is 2.83. The minimum Gasteiger partial charge on any atom is -0.118 e. The molecule has 2 saturated carbocycles. The van der Waals surface area contributed by atoms with Gasteiger partial charge in [0.15, 0.2) is 0 Å². The van der Waals surface area contributed by atoms with E-state index >= 15 is 0 Å². The molecule has 2 fully saturated rings. The molecule has 0 aromatic carbocycles. The molecule has 0 radical (unpaired) electrons. The summed E-state index contributed by atoms with van der Waals surface area (Å²) >= 11 is 7.23. The average molecular weight is 257 g/mol. The van der Waals surface area contributed by atoms with Crippen LogP contribution in [-0.4, -0.2) is 4.87 Å². The summed E-state index contributed by atoms with van der Waals surface area (Å²) in [6, 6.07) is 0. The molecule has 0 heterocycles. The molecule has 100 valence electrons. The van der Waals surface area contributed by atoms with Crippen LogP contribution in [0.15, 0.2) is 0 Å². The molecular weight excluding hydrogens is 228 g/mol. The van der Waals surface area contributed by atoms with Gasteiger partial charge in [-0.3, -0.25) is 0 Å². The van der Waals surface area contributed by atoms with Crippen LogP contribution in [0.4, 0.5) is 0 Å². The number of hydrogen-bond acceptors (Lipinski definition) is 0. The van der Waals surface area contributed by atoms with Crippen molar-refractivity contribution in [3.05, 3.63) is 0 Å². The Kier molecular flexibility index (Phi) is 4.80. The Labute approximate surface area is 113 Å². The normalized spacial score (nSPS) is 25.4. The predicted molar refractivity (Wildman–Crippen MR) is 76.6 cm³/mol. The Morgan fingerprint density at radius 2 is 1.12 bits per heavy atom. The summed E-state index contributed by atoms with van der Waals surface area (Å²) in [5.74, 6) is 2.22. The molecule has 0 saturated heterocycles. The number of halogens is 1. The van der Waals surface area contributed by atoms with Gasteiger partial charge >= 0.3 is 0 Å². The van der Waals surface area contributed by atoms with E-state index in [2.05, 4.69) is 13.8 Å². The summed E-state index contributed by atoms with van der Waals surface area (Å²) in [6.07, 6.45) is 14.1. The third-order valence-corrected chi connectivity index (χ3v) is 6.40. The van der Waals surface area contributed by atoms with Gasteiger partial charge in [-0.05, 0) is 43.4 Å². The van der Waals surface area contributed by atoms with Crippen molar-refractivity contribution in [3.8, 4) is 0 Å². The number of hydrogen-bond donors (Lipinski definition) is 0. The molecule has 0 nitrogen and oxygen atoms in total. The molecule has 17 heavy (non-hydrogen) atoms. The zero-order valence-electron chi connectivity index (χ0n) is 11.7. The molecule has 0 unspecified atom stereocenters. The van der Waals surface area contributed by atoms with Crippen LogP contribution in [0.2, 0.25) is 0 Å². The van der Waals surface area contributed by atoms with Crippen LogP contribution in [-0.2, 0) is 0 Å². The van der Waals surface area contributed by atoms with Gasteiger partial charge in [-0.2, -0.15) is 0 Å². The second kappa shape index (κ2) is 5.95. The molecule has 0 aliphatic heterocycles. The van der Waals surface area contributed by atoms with E-state index in [1.165, 1.54) is 64.2 Å². The highest BCUT2D eigenvalue weighted by Crippen LogP contribution is 2.50. The lowest BCUT2D eigenvalue weighted by molar-refractivity contribution is 0.129. The summed E-state index contributed by atoms with van der Waals surface area (Å²) < 4.78 is 0. The van der Waals surface area contributed by atoms with Gasteiger partial charge in [0.25, 0.3) is 0 Å². The van der Waals surface area contributed by atoms with Crippen molar-refractivity contribution in [2.45, 2.75) is 82.9 Å². The van der Waals surface area contributed by atoms with Gasteiger partial charge in [0.2, 0.25) is 0 Å². The first-order valence-electron chi connectivity index (χ1n) is 7.84. The predicted octanol–water partition coefficient (Wildman–Crippen LogP) is 5.78. The van der Waals surface area contributed by atoms with Crippen molar-refractivity contribution < 1.29 is 0 Å². The van der Waals surface area contributed by atoms with Gasteiger partial charge in [-0.25, -0.2) is 0 Å². The van der Waals surface area contributed by atoms with Crippen molar-refractivity contribution >= 4 is 11.6 Å². The van der Waals surface area contributed by atoms with Gasteiger partial charge in [0, 0.05) is 0 Å². The van der Waals surface area contributed by atoms with Gasteiger partial charge in [-0.1, -0.05) is 52.4 Å². The molecule has 2 aliphatic carbocycles. The minimum absolute atomic E-state index is 0.112. The molecule has 0 aromatic heterocycles. The average Bonchev–Trinajstić information content (AvgIpc) is 2.39. The molecule has 2 rings (SSSR count). The molecule has 0 aromatic rings. The van der Waals surface area contributed by atoms with Crippen LogP contribution >= 0.6 is 11.6 Å². The van der Waals surface area contributed by atoms with E-state index in [0.717, 1.165) is 11.8 Å². The Balaban J connectivity index is 2.11. The zero-order chi connectivity index (χ0) is 12.3. The van der Waals surface area contributed by atoms with E-state index in [1.807, 2.05) is 0 Å². The van der Waals surface area contributed by atoms with E-state index < -0.39 is 0 Å². The fraction of sp³-hybridized carbons (Fsp3) is 1.00. The van der Waals surface area contributed by atoms with Gasteiger partial charge in [0.05, 0.1) is 4.87 Å². The zero-order valence-corrected chi connectivity index (χ0v) is 12.4. The number of rotatable bonds is 3. The van der Waals surface area contributed by atoms with Crippen LogP contribution < -0.4 is 0 Å². The quantitative estimate of drug-likeness (QED) is 0.562. The maximum Gasteiger partial charge on any atom is 0.0525 e. The fourth-order valence-corrected chi connectivity index (χ4v) is 4.80. The van der Waals surface area contributed by atoms with Gasteiger partial charge in [-0.15, -0.1) is 11.6 Å². The summed E-state index contributed by atoms with van der Waals surface area (Å²) in [7, 11) is 0. The van der Waals surface area contributed by atoms with Crippen LogP contribution in [0.1, 0.15) is 78.1 Å². The Hall–Kier alpha value is 0.290. The lowest BCUT2D eigenvalue weighted by Gasteiger charge is -2.47. The number of alkyl halides is 1. The van der Waals surface area contributed by atoms with E-state index in [0.29, 0.717) is 5.92 Å². The first-order valence-corrected chi connectivity index (χ1v) is 8.22. The maximum atomic E-state index is 7.23. The second-order valence-electron chi connectivity index (χ2n) is 6.65. The van der Waals surface area contributed by atoms with E-state index in [1.54, 1.807) is 0 Å². The second-order valence-corrected chi connectivity index (χ2v) is 7.31. The van der Waals surface area contributed by atoms with Crippen LogP contribution in [0.3, 0.4) is 0 Å². The van der Waals surface area contributed by atoms with Gasteiger partial charge in [0.1, 0.15) is 0 Å². The van der Waals surface area contributed by atoms with Crippen molar-refractivity contribution in [2.75, 3.05) is 0 Å². The largest absolute Gasteiger partial charge is 0.118 e. The Morgan fingerprint density at radius 3 is 1.41 bits per heavy atom. The molecule has 0 amide bonds. The molecule has 0 N–H and O–H groups in total. The Bertz CT molecular complexity index is 204. The summed E-state index contributed by atoms with van der Waals surface area (Å²) in [4.78, 5) is 0.112. The highest BCUT2D eigenvalue weighted by molar-refractivity contribution is 6.24. The molecule has 0 bridgehead atoms. The molecular formula is C16H29Cl. The minimum atomic E-state index is 0.112. The topological polar surface area (TPSA) is 0 Å². The fourth-order valence-electron chi connectivity index (χ4n) is 4.37. The van der Waals surface area contributed by atoms with Crippen molar-refractivity contribution in [1.82, 2.24) is 0 Å². The van der Waals surface area contributed by atoms with E-state index in [4.69, 9.17) is 11.6 Å². The van der Waals surface area contributed by atoms with Crippen LogP contribution in [0.25, 0.3) is 0 Å². The van der Waals surface area contributed by atoms with Crippen molar-refractivity contribution in [1.29, 1.82) is 0 Å². The smallest absolute Gasteiger partial charge is 0.0525 e. The molecule has 0 spiro atoms.